The molecule has 0 unspecified atom stereocenters. The quantitative estimate of drug-likeness (QED) is 0.136. The van der Waals surface area contributed by atoms with Crippen LogP contribution in [-0.2, 0) is 6.42 Å². The fourth-order valence-corrected chi connectivity index (χ4v) is 4.73. The van der Waals surface area contributed by atoms with Crippen molar-refractivity contribution in [3.63, 3.8) is 0 Å². The Kier molecular flexibility index (Phi) is 8.85. The van der Waals surface area contributed by atoms with Gasteiger partial charge in [-0.1, -0.05) is 134 Å². The van der Waals surface area contributed by atoms with Crippen LogP contribution >= 0.6 is 0 Å². The van der Waals surface area contributed by atoms with E-state index in [4.69, 9.17) is 5.41 Å². The van der Waals surface area contributed by atoms with Gasteiger partial charge in [-0.15, -0.1) is 0 Å². The average Bonchev–Trinajstić information content (AvgIpc) is 2.96. The first-order chi connectivity index (χ1) is 18.6. The fraction of sp³-hybridized carbons (Fsp3) is 0.108. The smallest absolute Gasteiger partial charge is 0.0207 e. The third-order valence-electron chi connectivity index (χ3n) is 6.75. The minimum atomic E-state index is 0.876. The summed E-state index contributed by atoms with van der Waals surface area (Å²) in [5.74, 6) is 0. The summed E-state index contributed by atoms with van der Waals surface area (Å²) in [7, 11) is 0. The summed E-state index contributed by atoms with van der Waals surface area (Å²) in [6, 6.07) is 26.3. The summed E-state index contributed by atoms with van der Waals surface area (Å²) >= 11 is 0. The molecule has 38 heavy (non-hydrogen) atoms. The van der Waals surface area contributed by atoms with Crippen LogP contribution in [0, 0.1) is 5.41 Å². The van der Waals surface area contributed by atoms with Gasteiger partial charge in [-0.3, -0.25) is 0 Å². The van der Waals surface area contributed by atoms with Crippen LogP contribution in [0.5, 0.6) is 0 Å². The number of allylic oxidation sites excluding steroid dienone is 11. The van der Waals surface area contributed by atoms with Crippen molar-refractivity contribution >= 4 is 33.3 Å². The van der Waals surface area contributed by atoms with Crippen LogP contribution in [0.15, 0.2) is 139 Å². The van der Waals surface area contributed by atoms with Gasteiger partial charge in [0, 0.05) is 6.21 Å². The van der Waals surface area contributed by atoms with Crippen molar-refractivity contribution in [2.75, 3.05) is 0 Å². The van der Waals surface area contributed by atoms with E-state index in [1.54, 1.807) is 0 Å². The minimum Gasteiger partial charge on any atom is -0.308 e. The van der Waals surface area contributed by atoms with Gasteiger partial charge in [0.2, 0.25) is 0 Å². The molecule has 4 aromatic rings. The molecule has 1 N–H and O–H groups in total. The number of rotatable bonds is 9. The predicted molar refractivity (Wildman–Crippen MR) is 169 cm³/mol. The third-order valence-corrected chi connectivity index (χ3v) is 6.75. The van der Waals surface area contributed by atoms with Gasteiger partial charge in [-0.05, 0) is 82.1 Å². The van der Waals surface area contributed by atoms with E-state index in [9.17, 15) is 0 Å². The number of benzene rings is 4. The minimum absolute atomic E-state index is 0.876. The molecule has 0 atom stereocenters. The van der Waals surface area contributed by atoms with Crippen LogP contribution in [-0.4, -0.2) is 6.21 Å². The highest BCUT2D eigenvalue weighted by atomic mass is 14.3. The number of nitrogens with one attached hydrogen (secondary N) is 1. The molecular formula is C37H35N. The predicted octanol–water partition coefficient (Wildman–Crippen LogP) is 10.4. The van der Waals surface area contributed by atoms with Crippen LogP contribution in [0.4, 0.5) is 0 Å². The summed E-state index contributed by atoms with van der Waals surface area (Å²) in [6.45, 7) is 9.95. The number of hydrogen-bond acceptors (Lipinski definition) is 1. The van der Waals surface area contributed by atoms with E-state index < -0.39 is 0 Å². The van der Waals surface area contributed by atoms with Crippen LogP contribution in [0.2, 0.25) is 0 Å². The zero-order valence-corrected chi connectivity index (χ0v) is 22.5. The average molecular weight is 494 g/mol. The molecule has 0 aromatic heterocycles. The standard InChI is InChI=1S/C37H35N/c1-5-7-8-15-30(24-22-28(4)26-38)36-32-17-9-11-19-34(32)37(35-20-12-10-18-33(35)36)31-16-13-14-29(25-31)23-21-27(3)6-2/h5-22,24-26,38H,2,23H2,1,3-4H3/b7-5+,15-8-,27-21-,28-22-,30-24+,38-26?. The van der Waals surface area contributed by atoms with Gasteiger partial charge >= 0.3 is 0 Å². The maximum Gasteiger partial charge on any atom is 0.0207 e. The Bertz CT molecular complexity index is 1580. The first-order valence-electron chi connectivity index (χ1n) is 13.1. The van der Waals surface area contributed by atoms with Crippen molar-refractivity contribution in [1.82, 2.24) is 0 Å². The fourth-order valence-electron chi connectivity index (χ4n) is 4.73. The summed E-state index contributed by atoms with van der Waals surface area (Å²) < 4.78 is 0. The summed E-state index contributed by atoms with van der Waals surface area (Å²) in [5.41, 5.74) is 8.17. The Hall–Kier alpha value is -4.49. The molecule has 0 radical (unpaired) electrons. The topological polar surface area (TPSA) is 23.9 Å². The van der Waals surface area contributed by atoms with Crippen LogP contribution in [0.25, 0.3) is 38.2 Å². The maximum absolute atomic E-state index is 7.63. The Labute approximate surface area is 227 Å². The molecule has 0 saturated heterocycles. The molecule has 188 valence electrons. The molecule has 0 amide bonds. The van der Waals surface area contributed by atoms with Crippen molar-refractivity contribution in [1.29, 1.82) is 5.41 Å². The van der Waals surface area contributed by atoms with E-state index >= 15 is 0 Å². The molecule has 0 aliphatic heterocycles. The monoisotopic (exact) mass is 493 g/mol. The van der Waals surface area contributed by atoms with Crippen molar-refractivity contribution in [2.45, 2.75) is 27.2 Å². The van der Waals surface area contributed by atoms with Crippen LogP contribution in [0.3, 0.4) is 0 Å². The second-order valence-corrected chi connectivity index (χ2v) is 9.46. The number of fused-ring (bicyclic) bond motifs is 2. The number of hydrogen-bond donors (Lipinski definition) is 1. The molecule has 0 saturated carbocycles. The van der Waals surface area contributed by atoms with Crippen molar-refractivity contribution in [3.05, 3.63) is 150 Å². The maximum atomic E-state index is 7.63. The Morgan fingerprint density at radius 1 is 0.789 bits per heavy atom. The summed E-state index contributed by atoms with van der Waals surface area (Å²) in [6.07, 6.45) is 18.9. The van der Waals surface area contributed by atoms with E-state index in [0.29, 0.717) is 0 Å². The molecule has 0 heterocycles. The Balaban J connectivity index is 2.05. The highest BCUT2D eigenvalue weighted by Gasteiger charge is 2.16. The van der Waals surface area contributed by atoms with Gasteiger partial charge in [-0.2, -0.15) is 0 Å². The lowest BCUT2D eigenvalue weighted by Gasteiger charge is -2.18. The summed E-state index contributed by atoms with van der Waals surface area (Å²) in [4.78, 5) is 0. The molecule has 0 bridgehead atoms. The van der Waals surface area contributed by atoms with E-state index in [2.05, 4.69) is 111 Å². The first-order valence-corrected chi connectivity index (χ1v) is 13.1. The molecule has 1 heteroatoms. The lowest BCUT2D eigenvalue weighted by molar-refractivity contribution is 1.24. The van der Waals surface area contributed by atoms with Crippen molar-refractivity contribution < 1.29 is 0 Å². The van der Waals surface area contributed by atoms with E-state index in [0.717, 1.165) is 17.6 Å². The molecule has 0 aliphatic carbocycles. The molecule has 1 nitrogen and oxygen atoms in total. The molecule has 0 aliphatic rings. The molecule has 0 fully saturated rings. The highest BCUT2D eigenvalue weighted by molar-refractivity contribution is 6.19. The molecule has 4 rings (SSSR count). The van der Waals surface area contributed by atoms with Gasteiger partial charge in [0.15, 0.2) is 0 Å². The normalized spacial score (nSPS) is 13.2. The SMILES string of the molecule is C=C/C(C)=C\Cc1cccc(-c2c3ccccc3c(C(/C=C\C=C\C)=C/C=C(/C)C=N)c3ccccc23)c1. The van der Waals surface area contributed by atoms with Gasteiger partial charge in [0.1, 0.15) is 0 Å². The van der Waals surface area contributed by atoms with Gasteiger partial charge < -0.3 is 5.41 Å². The van der Waals surface area contributed by atoms with Crippen LogP contribution < -0.4 is 0 Å². The highest BCUT2D eigenvalue weighted by Crippen LogP contribution is 2.42. The molecule has 4 aromatic carbocycles. The van der Waals surface area contributed by atoms with E-state index in [1.165, 1.54) is 55.6 Å². The molecule has 0 spiro atoms. The first kappa shape index (κ1) is 26.6. The van der Waals surface area contributed by atoms with Crippen molar-refractivity contribution in [3.8, 4) is 11.1 Å². The van der Waals surface area contributed by atoms with Gasteiger partial charge in [0.05, 0.1) is 0 Å². The van der Waals surface area contributed by atoms with Crippen molar-refractivity contribution in [2.24, 2.45) is 0 Å². The largest absolute Gasteiger partial charge is 0.308 e. The Morgan fingerprint density at radius 2 is 1.45 bits per heavy atom. The zero-order chi connectivity index (χ0) is 26.9. The molecular weight excluding hydrogens is 458 g/mol. The lowest BCUT2D eigenvalue weighted by atomic mass is 9.85. The van der Waals surface area contributed by atoms with E-state index in [-0.39, 0.29) is 0 Å². The second-order valence-electron chi connectivity index (χ2n) is 9.46. The third kappa shape index (κ3) is 5.90. The lowest BCUT2D eigenvalue weighted by Crippen LogP contribution is -1.93. The zero-order valence-electron chi connectivity index (χ0n) is 22.5. The van der Waals surface area contributed by atoms with E-state index in [1.807, 2.05) is 38.2 Å². The van der Waals surface area contributed by atoms with Crippen LogP contribution in [0.1, 0.15) is 31.9 Å². The summed E-state index contributed by atoms with van der Waals surface area (Å²) in [5, 5.41) is 12.5. The van der Waals surface area contributed by atoms with Gasteiger partial charge in [0.25, 0.3) is 0 Å². The van der Waals surface area contributed by atoms with Gasteiger partial charge in [-0.25, -0.2) is 0 Å². The Morgan fingerprint density at radius 3 is 2.05 bits per heavy atom. The second kappa shape index (κ2) is 12.7.